The molecule has 3 aromatic rings. The summed E-state index contributed by atoms with van der Waals surface area (Å²) in [4.78, 5) is 21.8. The molecule has 0 radical (unpaired) electrons. The van der Waals surface area contributed by atoms with E-state index in [4.69, 9.17) is 4.98 Å². The maximum atomic E-state index is 12.3. The van der Waals surface area contributed by atoms with Crippen molar-refractivity contribution in [3.63, 3.8) is 0 Å². The van der Waals surface area contributed by atoms with E-state index in [0.29, 0.717) is 11.8 Å². The van der Waals surface area contributed by atoms with Crippen molar-refractivity contribution in [2.75, 3.05) is 26.2 Å². The highest BCUT2D eigenvalue weighted by molar-refractivity contribution is 5.81. The minimum absolute atomic E-state index is 0.318. The molecule has 1 amide bonds. The van der Waals surface area contributed by atoms with Gasteiger partial charge in [0.1, 0.15) is 5.65 Å². The maximum Gasteiger partial charge on any atom is 0.225 e. The molecule has 5 nitrogen and oxygen atoms in total. The van der Waals surface area contributed by atoms with E-state index in [1.165, 1.54) is 11.3 Å². The van der Waals surface area contributed by atoms with Crippen LogP contribution >= 0.6 is 0 Å². The number of carbonyl (C=O) groups is 1. The van der Waals surface area contributed by atoms with Gasteiger partial charge in [0.25, 0.3) is 0 Å². The Hall–Kier alpha value is -2.66. The lowest BCUT2D eigenvalue weighted by Gasteiger charge is -2.35. The molecule has 0 unspecified atom stereocenters. The van der Waals surface area contributed by atoms with Crippen LogP contribution in [0.1, 0.15) is 24.1 Å². The van der Waals surface area contributed by atoms with Crippen LogP contribution in [0.15, 0.2) is 48.7 Å². The summed E-state index contributed by atoms with van der Waals surface area (Å²) in [6.45, 7) is 6.49. The number of aromatic nitrogens is 2. The van der Waals surface area contributed by atoms with Crippen LogP contribution in [-0.2, 0) is 11.3 Å². The van der Waals surface area contributed by atoms with Gasteiger partial charge in [0.2, 0.25) is 5.91 Å². The summed E-state index contributed by atoms with van der Waals surface area (Å²) in [6, 6.07) is 14.6. The van der Waals surface area contributed by atoms with E-state index in [-0.39, 0.29) is 0 Å². The van der Waals surface area contributed by atoms with Crippen molar-refractivity contribution in [2.24, 2.45) is 5.92 Å². The molecule has 144 valence electrons. The molecule has 1 aliphatic heterocycles. The lowest BCUT2D eigenvalue weighted by Crippen LogP contribution is -2.48. The molecule has 28 heavy (non-hydrogen) atoms. The highest BCUT2D eigenvalue weighted by atomic mass is 16.2. The molecule has 0 atom stereocenters. The predicted octanol–water partition coefficient (Wildman–Crippen LogP) is 3.36. The van der Waals surface area contributed by atoms with E-state index in [1.54, 1.807) is 0 Å². The third-order valence-corrected chi connectivity index (χ3v) is 5.90. The first-order chi connectivity index (χ1) is 13.7. The zero-order chi connectivity index (χ0) is 19.1. The Morgan fingerprint density at radius 3 is 2.50 bits per heavy atom. The Morgan fingerprint density at radius 1 is 1.04 bits per heavy atom. The monoisotopic (exact) mass is 374 g/mol. The van der Waals surface area contributed by atoms with Crippen LogP contribution in [0, 0.1) is 12.8 Å². The Morgan fingerprint density at radius 2 is 1.79 bits per heavy atom. The fourth-order valence-corrected chi connectivity index (χ4v) is 4.10. The van der Waals surface area contributed by atoms with Gasteiger partial charge in [0, 0.05) is 50.4 Å². The first-order valence-electron chi connectivity index (χ1n) is 10.2. The molecular formula is C23H26N4O. The molecule has 2 aromatic heterocycles. The highest BCUT2D eigenvalue weighted by Gasteiger charge is 2.34. The summed E-state index contributed by atoms with van der Waals surface area (Å²) >= 11 is 0. The molecule has 0 bridgehead atoms. The third-order valence-electron chi connectivity index (χ3n) is 5.90. The summed E-state index contributed by atoms with van der Waals surface area (Å²) < 4.78 is 2.24. The molecule has 1 aliphatic carbocycles. The van der Waals surface area contributed by atoms with Gasteiger partial charge in [-0.15, -0.1) is 0 Å². The van der Waals surface area contributed by atoms with E-state index in [2.05, 4.69) is 63.7 Å². The van der Waals surface area contributed by atoms with Gasteiger partial charge in [-0.1, -0.05) is 36.4 Å². The first kappa shape index (κ1) is 17.4. The number of aryl methyl sites for hydroxylation is 1. The SMILES string of the molecule is Cc1ccc2nc(-c3ccccc3)c(CN3CCN(C(=O)C4CC4)CC3)n2c1. The molecule has 1 saturated heterocycles. The summed E-state index contributed by atoms with van der Waals surface area (Å²) in [5.74, 6) is 0.688. The lowest BCUT2D eigenvalue weighted by molar-refractivity contribution is -0.134. The lowest BCUT2D eigenvalue weighted by atomic mass is 10.1. The predicted molar refractivity (Wildman–Crippen MR) is 110 cm³/mol. The molecule has 3 heterocycles. The van der Waals surface area contributed by atoms with E-state index < -0.39 is 0 Å². The van der Waals surface area contributed by atoms with Gasteiger partial charge in [0.15, 0.2) is 0 Å². The number of carbonyl (C=O) groups excluding carboxylic acids is 1. The molecule has 2 fully saturated rings. The number of rotatable bonds is 4. The molecule has 5 rings (SSSR count). The van der Waals surface area contributed by atoms with Crippen molar-refractivity contribution in [2.45, 2.75) is 26.3 Å². The van der Waals surface area contributed by atoms with Crippen LogP contribution in [0.25, 0.3) is 16.9 Å². The Bertz CT molecular complexity index is 998. The summed E-state index contributed by atoms with van der Waals surface area (Å²) in [7, 11) is 0. The van der Waals surface area contributed by atoms with Gasteiger partial charge in [-0.3, -0.25) is 9.69 Å². The second kappa shape index (κ2) is 7.06. The summed E-state index contributed by atoms with van der Waals surface area (Å²) in [5.41, 5.74) is 5.66. The molecule has 0 spiro atoms. The third kappa shape index (κ3) is 3.31. The van der Waals surface area contributed by atoms with Crippen LogP contribution in [0.4, 0.5) is 0 Å². The van der Waals surface area contributed by atoms with Gasteiger partial charge < -0.3 is 9.30 Å². The second-order valence-corrected chi connectivity index (χ2v) is 8.08. The Balaban J connectivity index is 1.42. The fourth-order valence-electron chi connectivity index (χ4n) is 4.10. The second-order valence-electron chi connectivity index (χ2n) is 8.08. The van der Waals surface area contributed by atoms with Crippen molar-refractivity contribution in [1.82, 2.24) is 19.2 Å². The largest absolute Gasteiger partial charge is 0.340 e. The number of fused-ring (bicyclic) bond motifs is 1. The fraction of sp³-hybridized carbons (Fsp3) is 0.391. The Kier molecular flexibility index (Phi) is 4.40. The standard InChI is InChI=1S/C23H26N4O/c1-17-7-10-21-24-22(18-5-3-2-4-6-18)20(27(21)15-17)16-25-11-13-26(14-12-25)23(28)19-8-9-19/h2-7,10,15,19H,8-9,11-14,16H2,1H3. The van der Waals surface area contributed by atoms with Crippen molar-refractivity contribution < 1.29 is 4.79 Å². The van der Waals surface area contributed by atoms with Gasteiger partial charge >= 0.3 is 0 Å². The van der Waals surface area contributed by atoms with Crippen LogP contribution < -0.4 is 0 Å². The Labute approximate surface area is 165 Å². The molecule has 1 saturated carbocycles. The topological polar surface area (TPSA) is 40.9 Å². The number of pyridine rings is 1. The van der Waals surface area contributed by atoms with Crippen LogP contribution in [0.2, 0.25) is 0 Å². The number of amides is 1. The van der Waals surface area contributed by atoms with E-state index >= 15 is 0 Å². The molecule has 1 aromatic carbocycles. The number of piperazine rings is 1. The van der Waals surface area contributed by atoms with Gasteiger partial charge in [-0.05, 0) is 31.4 Å². The average molecular weight is 374 g/mol. The van der Waals surface area contributed by atoms with Crippen molar-refractivity contribution >= 4 is 11.6 Å². The minimum atomic E-state index is 0.318. The number of benzene rings is 1. The maximum absolute atomic E-state index is 12.3. The van der Waals surface area contributed by atoms with E-state index in [1.807, 2.05) is 6.07 Å². The zero-order valence-corrected chi connectivity index (χ0v) is 16.3. The number of hydrogen-bond acceptors (Lipinski definition) is 3. The van der Waals surface area contributed by atoms with Crippen molar-refractivity contribution in [1.29, 1.82) is 0 Å². The quantitative estimate of drug-likeness (QED) is 0.703. The minimum Gasteiger partial charge on any atom is -0.340 e. The highest BCUT2D eigenvalue weighted by Crippen LogP contribution is 2.31. The summed E-state index contributed by atoms with van der Waals surface area (Å²) in [5, 5.41) is 0. The van der Waals surface area contributed by atoms with Gasteiger partial charge in [-0.2, -0.15) is 0 Å². The molecule has 5 heteroatoms. The zero-order valence-electron chi connectivity index (χ0n) is 16.3. The van der Waals surface area contributed by atoms with Gasteiger partial charge in [-0.25, -0.2) is 4.98 Å². The van der Waals surface area contributed by atoms with Crippen molar-refractivity contribution in [3.05, 3.63) is 59.9 Å². The van der Waals surface area contributed by atoms with Gasteiger partial charge in [0.05, 0.1) is 11.4 Å². The summed E-state index contributed by atoms with van der Waals surface area (Å²) in [6.07, 6.45) is 4.35. The molecular weight excluding hydrogens is 348 g/mol. The number of hydrogen-bond donors (Lipinski definition) is 0. The van der Waals surface area contributed by atoms with Crippen LogP contribution in [0.3, 0.4) is 0 Å². The number of nitrogens with zero attached hydrogens (tertiary/aromatic N) is 4. The average Bonchev–Trinajstić information content (AvgIpc) is 3.52. The van der Waals surface area contributed by atoms with Crippen LogP contribution in [0.5, 0.6) is 0 Å². The first-order valence-corrected chi connectivity index (χ1v) is 10.2. The molecule has 0 N–H and O–H groups in total. The van der Waals surface area contributed by atoms with E-state index in [0.717, 1.165) is 62.5 Å². The van der Waals surface area contributed by atoms with Crippen LogP contribution in [-0.4, -0.2) is 51.3 Å². The van der Waals surface area contributed by atoms with Crippen molar-refractivity contribution in [3.8, 4) is 11.3 Å². The molecule has 2 aliphatic rings. The smallest absolute Gasteiger partial charge is 0.225 e. The number of imidazole rings is 1. The van der Waals surface area contributed by atoms with E-state index in [9.17, 15) is 4.79 Å². The normalized spacial score (nSPS) is 18.0.